The highest BCUT2D eigenvalue weighted by Gasteiger charge is 2.44. The van der Waals surface area contributed by atoms with Crippen LogP contribution in [0.25, 0.3) is 0 Å². The summed E-state index contributed by atoms with van der Waals surface area (Å²) < 4.78 is 0. The first-order chi connectivity index (χ1) is 8.25. The second-order valence-corrected chi connectivity index (χ2v) is 5.47. The van der Waals surface area contributed by atoms with Crippen molar-refractivity contribution in [1.82, 2.24) is 20.0 Å². The molecule has 0 aliphatic carbocycles. The molecule has 0 aromatic rings. The number of nitrogens with zero attached hydrogens (tertiary/aromatic N) is 3. The van der Waals surface area contributed by atoms with Gasteiger partial charge in [-0.2, -0.15) is 0 Å². The highest BCUT2D eigenvalue weighted by molar-refractivity contribution is 5.80. The second kappa shape index (κ2) is 4.55. The molecule has 1 N–H and O–H groups in total. The Labute approximate surface area is 103 Å². The molecule has 3 fully saturated rings. The summed E-state index contributed by atoms with van der Waals surface area (Å²) >= 11 is 0. The van der Waals surface area contributed by atoms with Gasteiger partial charge in [-0.05, 0) is 7.05 Å². The minimum atomic E-state index is 0.367. The van der Waals surface area contributed by atoms with Gasteiger partial charge in [0, 0.05) is 58.3 Å². The fourth-order valence-electron chi connectivity index (χ4n) is 3.41. The van der Waals surface area contributed by atoms with Crippen LogP contribution < -0.4 is 5.32 Å². The van der Waals surface area contributed by atoms with Gasteiger partial charge in [0.05, 0.1) is 6.04 Å². The topological polar surface area (TPSA) is 38.8 Å². The van der Waals surface area contributed by atoms with Crippen LogP contribution in [0.2, 0.25) is 0 Å². The summed E-state index contributed by atoms with van der Waals surface area (Å²) in [6.07, 6.45) is 0.735. The van der Waals surface area contributed by atoms with E-state index in [9.17, 15) is 4.79 Å². The van der Waals surface area contributed by atoms with Crippen molar-refractivity contribution < 1.29 is 4.79 Å². The Hall–Kier alpha value is -0.650. The average Bonchev–Trinajstić information content (AvgIpc) is 2.67. The third-order valence-electron chi connectivity index (χ3n) is 4.39. The molecule has 5 heteroatoms. The molecule has 3 aliphatic rings. The van der Waals surface area contributed by atoms with Crippen LogP contribution in [0.3, 0.4) is 0 Å². The van der Waals surface area contributed by atoms with Crippen LogP contribution in [-0.2, 0) is 4.79 Å². The van der Waals surface area contributed by atoms with Gasteiger partial charge in [-0.3, -0.25) is 9.69 Å². The summed E-state index contributed by atoms with van der Waals surface area (Å²) in [6, 6.07) is 0.881. The van der Waals surface area contributed by atoms with Gasteiger partial charge in [-0.25, -0.2) is 0 Å². The molecular formula is C12H22N4O. The lowest BCUT2D eigenvalue weighted by atomic mass is 10.0. The third-order valence-corrected chi connectivity index (χ3v) is 4.39. The van der Waals surface area contributed by atoms with Gasteiger partial charge in [0.15, 0.2) is 0 Å². The van der Waals surface area contributed by atoms with Gasteiger partial charge >= 0.3 is 0 Å². The van der Waals surface area contributed by atoms with E-state index >= 15 is 0 Å². The summed E-state index contributed by atoms with van der Waals surface area (Å²) in [5.41, 5.74) is 0. The zero-order valence-corrected chi connectivity index (χ0v) is 10.6. The van der Waals surface area contributed by atoms with Gasteiger partial charge in [0.1, 0.15) is 0 Å². The van der Waals surface area contributed by atoms with Gasteiger partial charge in [0.2, 0.25) is 5.91 Å². The van der Waals surface area contributed by atoms with E-state index in [4.69, 9.17) is 0 Å². The first kappa shape index (κ1) is 11.4. The van der Waals surface area contributed by atoms with E-state index in [1.807, 2.05) is 0 Å². The molecule has 1 amide bonds. The number of fused-ring (bicyclic) bond motifs is 1. The lowest BCUT2D eigenvalue weighted by Crippen LogP contribution is -2.58. The van der Waals surface area contributed by atoms with Crippen molar-refractivity contribution in [3.05, 3.63) is 0 Å². The summed E-state index contributed by atoms with van der Waals surface area (Å²) in [7, 11) is 2.16. The van der Waals surface area contributed by atoms with E-state index in [1.165, 1.54) is 0 Å². The summed E-state index contributed by atoms with van der Waals surface area (Å²) in [5.74, 6) is 0.367. The van der Waals surface area contributed by atoms with Crippen molar-refractivity contribution in [2.45, 2.75) is 18.5 Å². The zero-order chi connectivity index (χ0) is 11.8. The monoisotopic (exact) mass is 238 g/mol. The normalized spacial score (nSPS) is 36.3. The standard InChI is InChI=1S/C12H22N4O/c1-14-6-7-16-11(9-14)10(8-12(16)17)15-4-2-13-3-5-15/h10-11,13H,2-9H2,1H3. The van der Waals surface area contributed by atoms with Crippen LogP contribution in [0, 0.1) is 0 Å². The Morgan fingerprint density at radius 2 is 1.88 bits per heavy atom. The Kier molecular flexibility index (Phi) is 3.06. The SMILES string of the molecule is CN1CCN2C(=O)CC(N3CCNCC3)C2C1. The van der Waals surface area contributed by atoms with Crippen molar-refractivity contribution in [2.24, 2.45) is 0 Å². The molecule has 0 spiro atoms. The molecular weight excluding hydrogens is 216 g/mol. The number of rotatable bonds is 1. The fourth-order valence-corrected chi connectivity index (χ4v) is 3.41. The Morgan fingerprint density at radius 1 is 1.12 bits per heavy atom. The van der Waals surface area contributed by atoms with Crippen LogP contribution >= 0.6 is 0 Å². The summed E-state index contributed by atoms with van der Waals surface area (Å²) in [6.45, 7) is 7.29. The lowest BCUT2D eigenvalue weighted by molar-refractivity contribution is -0.130. The van der Waals surface area contributed by atoms with E-state index in [-0.39, 0.29) is 0 Å². The Balaban J connectivity index is 1.73. The molecule has 3 aliphatic heterocycles. The van der Waals surface area contributed by atoms with Crippen LogP contribution in [0.5, 0.6) is 0 Å². The Bertz CT molecular complexity index is 303. The highest BCUT2D eigenvalue weighted by Crippen LogP contribution is 2.27. The third kappa shape index (κ3) is 2.07. The quantitative estimate of drug-likeness (QED) is 0.623. The van der Waals surface area contributed by atoms with Crippen molar-refractivity contribution >= 4 is 5.91 Å². The van der Waals surface area contributed by atoms with E-state index < -0.39 is 0 Å². The van der Waals surface area contributed by atoms with Crippen LogP contribution in [0.15, 0.2) is 0 Å². The number of hydrogen-bond donors (Lipinski definition) is 1. The number of carbonyl (C=O) groups is 1. The largest absolute Gasteiger partial charge is 0.335 e. The van der Waals surface area contributed by atoms with Crippen LogP contribution in [-0.4, -0.2) is 85.6 Å². The fraction of sp³-hybridized carbons (Fsp3) is 0.917. The number of carbonyl (C=O) groups excluding carboxylic acids is 1. The molecule has 3 heterocycles. The molecule has 5 nitrogen and oxygen atoms in total. The molecule has 0 saturated carbocycles. The predicted octanol–water partition coefficient (Wildman–Crippen LogP) is -1.19. The van der Waals surface area contributed by atoms with E-state index in [0.29, 0.717) is 18.0 Å². The predicted molar refractivity (Wildman–Crippen MR) is 65.8 cm³/mol. The molecule has 0 radical (unpaired) electrons. The number of hydrogen-bond acceptors (Lipinski definition) is 4. The van der Waals surface area contributed by atoms with E-state index in [0.717, 1.165) is 52.2 Å². The zero-order valence-electron chi connectivity index (χ0n) is 10.6. The van der Waals surface area contributed by atoms with Crippen molar-refractivity contribution in [3.63, 3.8) is 0 Å². The molecule has 3 rings (SSSR count). The minimum Gasteiger partial charge on any atom is -0.335 e. The molecule has 2 atom stereocenters. The van der Waals surface area contributed by atoms with Crippen molar-refractivity contribution in [3.8, 4) is 0 Å². The lowest BCUT2D eigenvalue weighted by Gasteiger charge is -2.41. The van der Waals surface area contributed by atoms with Gasteiger partial charge in [0.25, 0.3) is 0 Å². The van der Waals surface area contributed by atoms with E-state index in [1.54, 1.807) is 0 Å². The van der Waals surface area contributed by atoms with E-state index in [2.05, 4.69) is 27.1 Å². The van der Waals surface area contributed by atoms with Gasteiger partial charge in [-0.1, -0.05) is 0 Å². The average molecular weight is 238 g/mol. The number of piperazine rings is 2. The molecule has 2 unspecified atom stereocenters. The number of amides is 1. The smallest absolute Gasteiger partial charge is 0.224 e. The van der Waals surface area contributed by atoms with Gasteiger partial charge in [-0.15, -0.1) is 0 Å². The molecule has 96 valence electrons. The summed E-state index contributed by atoms with van der Waals surface area (Å²) in [4.78, 5) is 19.0. The van der Waals surface area contributed by atoms with Crippen molar-refractivity contribution in [2.75, 3.05) is 52.9 Å². The second-order valence-electron chi connectivity index (χ2n) is 5.47. The van der Waals surface area contributed by atoms with Crippen LogP contribution in [0.1, 0.15) is 6.42 Å². The number of nitrogens with one attached hydrogen (secondary N) is 1. The summed E-state index contributed by atoms with van der Waals surface area (Å²) in [5, 5.41) is 3.38. The van der Waals surface area contributed by atoms with Crippen molar-refractivity contribution in [1.29, 1.82) is 0 Å². The molecule has 3 saturated heterocycles. The maximum atomic E-state index is 12.0. The maximum Gasteiger partial charge on any atom is 0.224 e. The number of likely N-dealkylation sites (N-methyl/N-ethyl adjacent to an activating group) is 1. The Morgan fingerprint density at radius 3 is 2.65 bits per heavy atom. The molecule has 0 bridgehead atoms. The molecule has 0 aromatic carbocycles. The maximum absolute atomic E-state index is 12.0. The minimum absolute atomic E-state index is 0.367. The van der Waals surface area contributed by atoms with Crippen LogP contribution in [0.4, 0.5) is 0 Å². The van der Waals surface area contributed by atoms with Gasteiger partial charge < -0.3 is 15.1 Å². The first-order valence-corrected chi connectivity index (χ1v) is 6.68. The first-order valence-electron chi connectivity index (χ1n) is 6.68. The molecule has 17 heavy (non-hydrogen) atoms. The molecule has 0 aromatic heterocycles. The highest BCUT2D eigenvalue weighted by atomic mass is 16.2.